The molecule has 1 rings (SSSR count). The van der Waals surface area contributed by atoms with Crippen molar-refractivity contribution in [2.45, 2.75) is 18.9 Å². The summed E-state index contributed by atoms with van der Waals surface area (Å²) >= 11 is 0. The third-order valence-electron chi connectivity index (χ3n) is 2.85. The molecule has 0 amide bonds. The van der Waals surface area contributed by atoms with E-state index < -0.39 is 0 Å². The fourth-order valence-electron chi connectivity index (χ4n) is 1.82. The minimum Gasteiger partial charge on any atom is -0.409 e. The van der Waals surface area contributed by atoms with E-state index in [-0.39, 0.29) is 11.9 Å². The van der Waals surface area contributed by atoms with E-state index in [0.29, 0.717) is 26.2 Å². The summed E-state index contributed by atoms with van der Waals surface area (Å²) in [5, 5.41) is 15.1. The first-order valence-electron chi connectivity index (χ1n) is 6.71. The van der Waals surface area contributed by atoms with Crippen LogP contribution in [0.5, 0.6) is 0 Å². The van der Waals surface area contributed by atoms with Gasteiger partial charge in [-0.3, -0.25) is 0 Å². The summed E-state index contributed by atoms with van der Waals surface area (Å²) in [5.74, 6) is 0.207. The average Bonchev–Trinajstić information content (AvgIpc) is 2.50. The Labute approximate surface area is 120 Å². The SMILES string of the molecule is C=CCCOCCNC(C/C(N)=N\O)c1ccccc1. The molecule has 0 aromatic heterocycles. The molecule has 5 nitrogen and oxygen atoms in total. The highest BCUT2D eigenvalue weighted by Gasteiger charge is 2.12. The summed E-state index contributed by atoms with van der Waals surface area (Å²) in [6.07, 6.45) is 3.14. The van der Waals surface area contributed by atoms with Crippen molar-refractivity contribution >= 4 is 5.84 Å². The zero-order chi connectivity index (χ0) is 14.6. The van der Waals surface area contributed by atoms with Gasteiger partial charge in [-0.2, -0.15) is 0 Å². The molecule has 1 aromatic carbocycles. The number of hydrogen-bond donors (Lipinski definition) is 3. The maximum atomic E-state index is 8.70. The zero-order valence-corrected chi connectivity index (χ0v) is 11.7. The molecule has 1 aromatic rings. The van der Waals surface area contributed by atoms with E-state index in [2.05, 4.69) is 17.1 Å². The van der Waals surface area contributed by atoms with Gasteiger partial charge in [-0.25, -0.2) is 0 Å². The van der Waals surface area contributed by atoms with E-state index in [1.807, 2.05) is 36.4 Å². The number of ether oxygens (including phenoxy) is 1. The monoisotopic (exact) mass is 277 g/mol. The number of nitrogens with two attached hydrogens (primary N) is 1. The normalized spacial score (nSPS) is 13.1. The van der Waals surface area contributed by atoms with Gasteiger partial charge in [-0.1, -0.05) is 41.6 Å². The Morgan fingerprint density at radius 1 is 1.40 bits per heavy atom. The molecule has 0 heterocycles. The van der Waals surface area contributed by atoms with Gasteiger partial charge in [0.15, 0.2) is 0 Å². The first kappa shape index (κ1) is 16.2. The highest BCUT2D eigenvalue weighted by molar-refractivity contribution is 5.80. The third-order valence-corrected chi connectivity index (χ3v) is 2.85. The first-order chi connectivity index (χ1) is 9.77. The van der Waals surface area contributed by atoms with Gasteiger partial charge in [0.1, 0.15) is 5.84 Å². The van der Waals surface area contributed by atoms with Crippen molar-refractivity contribution in [1.29, 1.82) is 0 Å². The van der Waals surface area contributed by atoms with Crippen LogP contribution in [0.3, 0.4) is 0 Å². The fraction of sp³-hybridized carbons (Fsp3) is 0.400. The number of hydrogen-bond acceptors (Lipinski definition) is 4. The zero-order valence-electron chi connectivity index (χ0n) is 11.7. The summed E-state index contributed by atoms with van der Waals surface area (Å²) in [6.45, 7) is 5.65. The van der Waals surface area contributed by atoms with Gasteiger partial charge in [0.25, 0.3) is 0 Å². The molecule has 20 heavy (non-hydrogen) atoms. The predicted octanol–water partition coefficient (Wildman–Crippen LogP) is 2.05. The summed E-state index contributed by atoms with van der Waals surface area (Å²) in [7, 11) is 0. The molecule has 0 aliphatic heterocycles. The van der Waals surface area contributed by atoms with Crippen LogP contribution in [0.2, 0.25) is 0 Å². The van der Waals surface area contributed by atoms with Crippen molar-refractivity contribution < 1.29 is 9.94 Å². The first-order valence-corrected chi connectivity index (χ1v) is 6.71. The quantitative estimate of drug-likeness (QED) is 0.153. The Balaban J connectivity index is 2.45. The summed E-state index contributed by atoms with van der Waals surface area (Å²) < 4.78 is 5.45. The van der Waals surface area contributed by atoms with Gasteiger partial charge in [0, 0.05) is 19.0 Å². The van der Waals surface area contributed by atoms with Crippen LogP contribution in [0.25, 0.3) is 0 Å². The van der Waals surface area contributed by atoms with Gasteiger partial charge in [-0.05, 0) is 12.0 Å². The predicted molar refractivity (Wildman–Crippen MR) is 80.8 cm³/mol. The number of nitrogens with zero attached hydrogens (tertiary/aromatic N) is 1. The van der Waals surface area contributed by atoms with E-state index in [9.17, 15) is 0 Å². The number of benzene rings is 1. The Kier molecular flexibility index (Phi) is 8.10. The number of amidine groups is 1. The molecule has 1 unspecified atom stereocenters. The van der Waals surface area contributed by atoms with Crippen LogP contribution < -0.4 is 11.1 Å². The smallest absolute Gasteiger partial charge is 0.141 e. The lowest BCUT2D eigenvalue weighted by Gasteiger charge is -2.18. The highest BCUT2D eigenvalue weighted by Crippen LogP contribution is 2.16. The van der Waals surface area contributed by atoms with E-state index in [4.69, 9.17) is 15.7 Å². The van der Waals surface area contributed by atoms with Gasteiger partial charge in [0.2, 0.25) is 0 Å². The molecule has 110 valence electrons. The maximum absolute atomic E-state index is 8.70. The molecule has 0 saturated heterocycles. The lowest BCUT2D eigenvalue weighted by molar-refractivity contribution is 0.138. The van der Waals surface area contributed by atoms with Crippen LogP contribution >= 0.6 is 0 Å². The molecule has 0 saturated carbocycles. The second kappa shape index (κ2) is 10.00. The Hall–Kier alpha value is -1.85. The fourth-order valence-corrected chi connectivity index (χ4v) is 1.82. The molecule has 0 bridgehead atoms. The molecule has 0 aliphatic rings. The summed E-state index contributed by atoms with van der Waals surface area (Å²) in [6, 6.07) is 9.94. The Morgan fingerprint density at radius 3 is 2.80 bits per heavy atom. The summed E-state index contributed by atoms with van der Waals surface area (Å²) in [4.78, 5) is 0. The van der Waals surface area contributed by atoms with Gasteiger partial charge in [0.05, 0.1) is 13.2 Å². The van der Waals surface area contributed by atoms with Crippen molar-refractivity contribution in [3.8, 4) is 0 Å². The molecule has 0 spiro atoms. The second-order valence-electron chi connectivity index (χ2n) is 4.40. The Bertz CT molecular complexity index is 407. The van der Waals surface area contributed by atoms with E-state index in [1.54, 1.807) is 0 Å². The molecule has 5 heteroatoms. The van der Waals surface area contributed by atoms with Crippen LogP contribution in [0, 0.1) is 0 Å². The number of rotatable bonds is 10. The molecule has 0 aliphatic carbocycles. The minimum atomic E-state index is 0.00936. The number of oxime groups is 1. The lowest BCUT2D eigenvalue weighted by atomic mass is 10.0. The van der Waals surface area contributed by atoms with Crippen LogP contribution in [-0.2, 0) is 4.74 Å². The van der Waals surface area contributed by atoms with Crippen molar-refractivity contribution in [1.82, 2.24) is 5.32 Å². The van der Waals surface area contributed by atoms with Crippen LogP contribution in [0.1, 0.15) is 24.4 Å². The standard InChI is InChI=1S/C15H23N3O2/c1-2-3-10-20-11-9-17-14(12-15(16)18-19)13-7-5-4-6-8-13/h2,4-8,14,17,19H,1,3,9-12H2,(H2,16,18). The van der Waals surface area contributed by atoms with Crippen LogP contribution in [0.15, 0.2) is 48.1 Å². The van der Waals surface area contributed by atoms with E-state index in [0.717, 1.165) is 12.0 Å². The van der Waals surface area contributed by atoms with Crippen molar-refractivity contribution in [2.75, 3.05) is 19.8 Å². The number of nitrogens with one attached hydrogen (secondary N) is 1. The molecule has 0 radical (unpaired) electrons. The molecule has 4 N–H and O–H groups in total. The van der Waals surface area contributed by atoms with Gasteiger partial charge in [-0.15, -0.1) is 6.58 Å². The molecule has 1 atom stereocenters. The van der Waals surface area contributed by atoms with Crippen LogP contribution in [-0.4, -0.2) is 30.8 Å². The molecule has 0 fully saturated rings. The highest BCUT2D eigenvalue weighted by atomic mass is 16.5. The molecular weight excluding hydrogens is 254 g/mol. The Morgan fingerprint density at radius 2 is 2.15 bits per heavy atom. The largest absolute Gasteiger partial charge is 0.409 e. The molecular formula is C15H23N3O2. The van der Waals surface area contributed by atoms with Crippen LogP contribution in [0.4, 0.5) is 0 Å². The van der Waals surface area contributed by atoms with Crippen molar-refractivity contribution in [3.05, 3.63) is 48.6 Å². The van der Waals surface area contributed by atoms with Gasteiger partial charge < -0.3 is 21.0 Å². The topological polar surface area (TPSA) is 79.9 Å². The van der Waals surface area contributed by atoms with E-state index in [1.165, 1.54) is 0 Å². The lowest BCUT2D eigenvalue weighted by Crippen LogP contribution is -2.29. The second-order valence-corrected chi connectivity index (χ2v) is 4.40. The van der Waals surface area contributed by atoms with Crippen molar-refractivity contribution in [3.63, 3.8) is 0 Å². The maximum Gasteiger partial charge on any atom is 0.141 e. The average molecular weight is 277 g/mol. The van der Waals surface area contributed by atoms with E-state index >= 15 is 0 Å². The van der Waals surface area contributed by atoms with Crippen molar-refractivity contribution in [2.24, 2.45) is 10.9 Å². The summed E-state index contributed by atoms with van der Waals surface area (Å²) in [5.41, 5.74) is 6.70. The minimum absolute atomic E-state index is 0.00936. The van der Waals surface area contributed by atoms with Gasteiger partial charge >= 0.3 is 0 Å². The third kappa shape index (κ3) is 6.36.